The number of fused-ring (bicyclic) bond motifs is 1. The van der Waals surface area contributed by atoms with E-state index in [1.807, 2.05) is 0 Å². The van der Waals surface area contributed by atoms with Gasteiger partial charge >= 0.3 is 0 Å². The lowest BCUT2D eigenvalue weighted by atomic mass is 10.1. The van der Waals surface area contributed by atoms with Gasteiger partial charge in [-0.25, -0.2) is 4.98 Å². The monoisotopic (exact) mass is 278 g/mol. The van der Waals surface area contributed by atoms with Crippen molar-refractivity contribution >= 4 is 0 Å². The summed E-state index contributed by atoms with van der Waals surface area (Å²) in [6.07, 6.45) is 3.38. The van der Waals surface area contributed by atoms with Crippen LogP contribution in [0.3, 0.4) is 0 Å². The van der Waals surface area contributed by atoms with Gasteiger partial charge in [-0.05, 0) is 26.4 Å². The summed E-state index contributed by atoms with van der Waals surface area (Å²) in [6.45, 7) is 14.5. The molecule has 114 valence electrons. The summed E-state index contributed by atoms with van der Waals surface area (Å²) < 4.78 is 2.54. The van der Waals surface area contributed by atoms with Gasteiger partial charge in [0, 0.05) is 44.2 Å². The molecule has 0 bridgehead atoms. The maximum Gasteiger partial charge on any atom is 0.109 e. The molecule has 1 aromatic heterocycles. The van der Waals surface area contributed by atoms with E-state index in [-0.39, 0.29) is 0 Å². The normalized spacial score (nSPS) is 16.4. The summed E-state index contributed by atoms with van der Waals surface area (Å²) in [5, 5.41) is 3.44. The minimum Gasteiger partial charge on any atom is -0.328 e. The van der Waals surface area contributed by atoms with Crippen LogP contribution in [0.2, 0.25) is 0 Å². The molecule has 1 N–H and O–H groups in total. The first kappa shape index (κ1) is 15.5. The SMILES string of the molecule is CCCc1nc2c(n1C(C)CN(CC)CC)CCNC2. The third-order valence-electron chi connectivity index (χ3n) is 4.33. The van der Waals surface area contributed by atoms with E-state index in [9.17, 15) is 0 Å². The molecule has 0 amide bonds. The molecule has 0 aliphatic carbocycles. The maximum atomic E-state index is 4.90. The Hall–Kier alpha value is -0.870. The lowest BCUT2D eigenvalue weighted by Crippen LogP contribution is -2.32. The van der Waals surface area contributed by atoms with Gasteiger partial charge < -0.3 is 14.8 Å². The van der Waals surface area contributed by atoms with Gasteiger partial charge in [-0.2, -0.15) is 0 Å². The lowest BCUT2D eigenvalue weighted by molar-refractivity contribution is 0.256. The molecule has 0 spiro atoms. The zero-order chi connectivity index (χ0) is 14.5. The molecule has 0 saturated heterocycles. The third-order valence-corrected chi connectivity index (χ3v) is 4.33. The summed E-state index contributed by atoms with van der Waals surface area (Å²) >= 11 is 0. The zero-order valence-corrected chi connectivity index (χ0v) is 13.6. The van der Waals surface area contributed by atoms with Gasteiger partial charge in [0.05, 0.1) is 5.69 Å². The average molecular weight is 278 g/mol. The van der Waals surface area contributed by atoms with E-state index >= 15 is 0 Å². The Morgan fingerprint density at radius 2 is 2.05 bits per heavy atom. The van der Waals surface area contributed by atoms with E-state index in [4.69, 9.17) is 4.98 Å². The molecule has 1 unspecified atom stereocenters. The van der Waals surface area contributed by atoms with Crippen molar-refractivity contribution in [3.8, 4) is 0 Å². The number of likely N-dealkylation sites (N-methyl/N-ethyl adjacent to an activating group) is 1. The first-order valence-corrected chi connectivity index (χ1v) is 8.23. The Bertz CT molecular complexity index is 420. The predicted octanol–water partition coefficient (Wildman–Crippen LogP) is 2.38. The van der Waals surface area contributed by atoms with Gasteiger partial charge in [-0.3, -0.25) is 0 Å². The summed E-state index contributed by atoms with van der Waals surface area (Å²) in [5.74, 6) is 1.29. The van der Waals surface area contributed by atoms with Crippen molar-refractivity contribution in [2.45, 2.75) is 59.5 Å². The predicted molar refractivity (Wildman–Crippen MR) is 84.1 cm³/mol. The van der Waals surface area contributed by atoms with Gasteiger partial charge in [0.25, 0.3) is 0 Å². The second kappa shape index (κ2) is 7.23. The summed E-state index contributed by atoms with van der Waals surface area (Å²) in [7, 11) is 0. The molecule has 0 fully saturated rings. The molecular formula is C16H30N4. The van der Waals surface area contributed by atoms with Crippen LogP contribution in [-0.2, 0) is 19.4 Å². The molecular weight excluding hydrogens is 248 g/mol. The highest BCUT2D eigenvalue weighted by atomic mass is 15.2. The van der Waals surface area contributed by atoms with Crippen LogP contribution in [0.5, 0.6) is 0 Å². The van der Waals surface area contributed by atoms with E-state index in [0.29, 0.717) is 6.04 Å². The highest BCUT2D eigenvalue weighted by Gasteiger charge is 2.23. The molecule has 1 aliphatic rings. The highest BCUT2D eigenvalue weighted by molar-refractivity contribution is 5.21. The summed E-state index contributed by atoms with van der Waals surface area (Å²) in [5.41, 5.74) is 2.76. The molecule has 0 radical (unpaired) electrons. The van der Waals surface area contributed by atoms with Crippen molar-refractivity contribution < 1.29 is 0 Å². The number of hydrogen-bond donors (Lipinski definition) is 1. The Morgan fingerprint density at radius 3 is 2.70 bits per heavy atom. The molecule has 1 aromatic rings. The van der Waals surface area contributed by atoms with E-state index in [1.165, 1.54) is 23.6 Å². The Labute approximate surface area is 123 Å². The molecule has 2 heterocycles. The quantitative estimate of drug-likeness (QED) is 0.831. The van der Waals surface area contributed by atoms with Crippen molar-refractivity contribution in [1.29, 1.82) is 0 Å². The van der Waals surface area contributed by atoms with Gasteiger partial charge in [0.2, 0.25) is 0 Å². The van der Waals surface area contributed by atoms with E-state index in [0.717, 1.165) is 45.6 Å². The Balaban J connectivity index is 2.25. The summed E-state index contributed by atoms with van der Waals surface area (Å²) in [4.78, 5) is 7.41. The molecule has 4 heteroatoms. The van der Waals surface area contributed by atoms with Crippen LogP contribution in [0.4, 0.5) is 0 Å². The number of imidazole rings is 1. The molecule has 4 nitrogen and oxygen atoms in total. The van der Waals surface area contributed by atoms with Gasteiger partial charge in [-0.15, -0.1) is 0 Å². The molecule has 1 atom stereocenters. The van der Waals surface area contributed by atoms with E-state index in [1.54, 1.807) is 0 Å². The van der Waals surface area contributed by atoms with Crippen molar-refractivity contribution in [2.75, 3.05) is 26.2 Å². The minimum atomic E-state index is 0.519. The van der Waals surface area contributed by atoms with Crippen LogP contribution in [0.25, 0.3) is 0 Å². The third kappa shape index (κ3) is 3.23. The molecule has 20 heavy (non-hydrogen) atoms. The fourth-order valence-electron chi connectivity index (χ4n) is 3.25. The molecule has 1 aliphatic heterocycles. The van der Waals surface area contributed by atoms with Crippen LogP contribution in [0.15, 0.2) is 0 Å². The van der Waals surface area contributed by atoms with Crippen LogP contribution in [-0.4, -0.2) is 40.6 Å². The topological polar surface area (TPSA) is 33.1 Å². The number of aromatic nitrogens is 2. The smallest absolute Gasteiger partial charge is 0.109 e. The number of aryl methyl sites for hydroxylation is 1. The van der Waals surface area contributed by atoms with Crippen molar-refractivity contribution in [2.24, 2.45) is 0 Å². The van der Waals surface area contributed by atoms with Crippen LogP contribution in [0, 0.1) is 0 Å². The van der Waals surface area contributed by atoms with Gasteiger partial charge in [0.1, 0.15) is 5.82 Å². The fraction of sp³-hybridized carbons (Fsp3) is 0.812. The summed E-state index contributed by atoms with van der Waals surface area (Å²) in [6, 6.07) is 0.519. The standard InChI is InChI=1S/C16H30N4/c1-5-8-16-18-14-11-17-10-9-15(14)20(16)13(4)12-19(6-2)7-3/h13,17H,5-12H2,1-4H3. The number of nitrogens with zero attached hydrogens (tertiary/aromatic N) is 3. The maximum absolute atomic E-state index is 4.90. The van der Waals surface area contributed by atoms with E-state index in [2.05, 4.69) is 42.5 Å². The Morgan fingerprint density at radius 1 is 1.30 bits per heavy atom. The van der Waals surface area contributed by atoms with Gasteiger partial charge in [-0.1, -0.05) is 20.8 Å². The van der Waals surface area contributed by atoms with Crippen molar-refractivity contribution in [3.63, 3.8) is 0 Å². The zero-order valence-electron chi connectivity index (χ0n) is 13.6. The van der Waals surface area contributed by atoms with Crippen LogP contribution in [0.1, 0.15) is 57.4 Å². The molecule has 0 saturated carbocycles. The van der Waals surface area contributed by atoms with Crippen molar-refractivity contribution in [1.82, 2.24) is 19.8 Å². The number of rotatable bonds is 7. The second-order valence-corrected chi connectivity index (χ2v) is 5.80. The second-order valence-electron chi connectivity index (χ2n) is 5.80. The fourth-order valence-corrected chi connectivity index (χ4v) is 3.25. The van der Waals surface area contributed by atoms with E-state index < -0.39 is 0 Å². The van der Waals surface area contributed by atoms with Gasteiger partial charge in [0.15, 0.2) is 0 Å². The number of hydrogen-bond acceptors (Lipinski definition) is 3. The highest BCUT2D eigenvalue weighted by Crippen LogP contribution is 2.22. The Kier molecular flexibility index (Phi) is 5.61. The first-order chi connectivity index (χ1) is 9.71. The lowest BCUT2D eigenvalue weighted by Gasteiger charge is -2.27. The number of nitrogens with one attached hydrogen (secondary N) is 1. The average Bonchev–Trinajstić information content (AvgIpc) is 2.83. The minimum absolute atomic E-state index is 0.519. The molecule has 0 aromatic carbocycles. The largest absolute Gasteiger partial charge is 0.328 e. The molecule has 2 rings (SSSR count). The van der Waals surface area contributed by atoms with Crippen molar-refractivity contribution in [3.05, 3.63) is 17.2 Å². The first-order valence-electron chi connectivity index (χ1n) is 8.23. The van der Waals surface area contributed by atoms with Crippen LogP contribution < -0.4 is 5.32 Å². The van der Waals surface area contributed by atoms with Crippen LogP contribution >= 0.6 is 0 Å².